The lowest BCUT2D eigenvalue weighted by Crippen LogP contribution is -2.12. The van der Waals surface area contributed by atoms with Gasteiger partial charge in [0.2, 0.25) is 0 Å². The van der Waals surface area contributed by atoms with Crippen molar-refractivity contribution in [1.82, 2.24) is 0 Å². The lowest BCUT2D eigenvalue weighted by molar-refractivity contribution is 0.0447. The zero-order chi connectivity index (χ0) is 21.8. The highest BCUT2D eigenvalue weighted by atomic mass is 16.5. The van der Waals surface area contributed by atoms with Crippen LogP contribution in [0, 0.1) is 5.92 Å². The van der Waals surface area contributed by atoms with Gasteiger partial charge in [-0.05, 0) is 73.7 Å². The minimum atomic E-state index is -0.473. The van der Waals surface area contributed by atoms with Crippen LogP contribution in [0.4, 0.5) is 0 Å². The van der Waals surface area contributed by atoms with Crippen LogP contribution >= 0.6 is 0 Å². The zero-order valence-electron chi connectivity index (χ0n) is 17.8. The molecule has 0 saturated heterocycles. The number of esters is 2. The number of unbranched alkanes of at least 4 members (excludes halogenated alkanes) is 2. The third-order valence-corrected chi connectivity index (χ3v) is 4.66. The molecule has 0 bridgehead atoms. The summed E-state index contributed by atoms with van der Waals surface area (Å²) in [4.78, 5) is 24.4. The lowest BCUT2D eigenvalue weighted by Gasteiger charge is -2.10. The minimum absolute atomic E-state index is 0.322. The van der Waals surface area contributed by atoms with Crippen LogP contribution < -0.4 is 9.47 Å². The molecule has 160 valence electrons. The van der Waals surface area contributed by atoms with E-state index in [1.807, 2.05) is 19.9 Å². The number of hydrogen-bond acceptors (Lipinski definition) is 5. The number of benzene rings is 2. The highest BCUT2D eigenvalue weighted by Crippen LogP contribution is 2.18. The summed E-state index contributed by atoms with van der Waals surface area (Å²) in [5.41, 5.74) is 0.846. The van der Waals surface area contributed by atoms with Gasteiger partial charge in [-0.3, -0.25) is 0 Å². The molecule has 0 aliphatic carbocycles. The second-order valence-corrected chi connectivity index (χ2v) is 7.18. The Hall–Kier alpha value is -3.08. The summed E-state index contributed by atoms with van der Waals surface area (Å²) in [6, 6.07) is 13.2. The average Bonchev–Trinajstić information content (AvgIpc) is 2.78. The smallest absolute Gasteiger partial charge is 0.343 e. The second-order valence-electron chi connectivity index (χ2n) is 7.18. The molecule has 2 rings (SSSR count). The fraction of sp³-hybridized carbons (Fsp3) is 0.360. The number of rotatable bonds is 12. The first-order chi connectivity index (χ1) is 14.5. The van der Waals surface area contributed by atoms with Crippen molar-refractivity contribution in [1.29, 1.82) is 0 Å². The molecule has 0 fully saturated rings. The first-order valence-corrected chi connectivity index (χ1v) is 10.4. The van der Waals surface area contributed by atoms with Gasteiger partial charge in [0, 0.05) is 0 Å². The number of ether oxygens (including phenoxy) is 3. The van der Waals surface area contributed by atoms with Crippen LogP contribution in [0.1, 0.15) is 60.2 Å². The van der Waals surface area contributed by atoms with E-state index in [4.69, 9.17) is 14.2 Å². The predicted octanol–water partition coefficient (Wildman–Crippen LogP) is 5.84. The van der Waals surface area contributed by atoms with Crippen LogP contribution in [-0.4, -0.2) is 25.2 Å². The first kappa shape index (κ1) is 23.2. The van der Waals surface area contributed by atoms with Gasteiger partial charge in [-0.2, -0.15) is 0 Å². The zero-order valence-corrected chi connectivity index (χ0v) is 17.8. The molecular formula is C25H30O5. The fourth-order valence-corrected chi connectivity index (χ4v) is 2.51. The minimum Gasteiger partial charge on any atom is -0.494 e. The van der Waals surface area contributed by atoms with Gasteiger partial charge in [-0.25, -0.2) is 9.59 Å². The number of carbonyl (C=O) groups is 2. The number of allylic oxidation sites excluding steroid dienone is 1. The van der Waals surface area contributed by atoms with Gasteiger partial charge in [0.25, 0.3) is 0 Å². The van der Waals surface area contributed by atoms with Gasteiger partial charge >= 0.3 is 11.9 Å². The largest absolute Gasteiger partial charge is 0.494 e. The summed E-state index contributed by atoms with van der Waals surface area (Å²) >= 11 is 0. The molecule has 5 nitrogen and oxygen atoms in total. The van der Waals surface area contributed by atoms with Crippen molar-refractivity contribution in [3.63, 3.8) is 0 Å². The fourth-order valence-electron chi connectivity index (χ4n) is 2.51. The maximum atomic E-state index is 12.3. The molecule has 0 aromatic heterocycles. The third kappa shape index (κ3) is 7.74. The van der Waals surface area contributed by atoms with E-state index in [0.29, 0.717) is 41.8 Å². The van der Waals surface area contributed by atoms with Crippen molar-refractivity contribution in [2.24, 2.45) is 5.92 Å². The molecule has 1 atom stereocenters. The molecule has 0 heterocycles. The van der Waals surface area contributed by atoms with Crippen LogP contribution in [0.25, 0.3) is 0 Å². The molecule has 0 saturated carbocycles. The maximum Gasteiger partial charge on any atom is 0.343 e. The third-order valence-electron chi connectivity index (χ3n) is 4.66. The Bertz CT molecular complexity index is 808. The molecule has 0 aliphatic rings. The van der Waals surface area contributed by atoms with Gasteiger partial charge in [-0.1, -0.05) is 26.3 Å². The average molecular weight is 411 g/mol. The molecule has 5 heteroatoms. The second kappa shape index (κ2) is 12.5. The van der Waals surface area contributed by atoms with E-state index in [0.717, 1.165) is 25.7 Å². The summed E-state index contributed by atoms with van der Waals surface area (Å²) in [5.74, 6) is 0.544. The van der Waals surface area contributed by atoms with E-state index in [1.54, 1.807) is 48.5 Å². The Morgan fingerprint density at radius 1 is 0.933 bits per heavy atom. The Kier molecular flexibility index (Phi) is 9.65. The summed E-state index contributed by atoms with van der Waals surface area (Å²) in [5, 5.41) is 0. The lowest BCUT2D eigenvalue weighted by atomic mass is 10.1. The molecule has 0 spiro atoms. The molecule has 0 aliphatic heterocycles. The van der Waals surface area contributed by atoms with Crippen molar-refractivity contribution in [3.8, 4) is 11.5 Å². The Morgan fingerprint density at radius 2 is 1.53 bits per heavy atom. The molecule has 0 radical (unpaired) electrons. The number of hydrogen-bond donors (Lipinski definition) is 0. The standard InChI is InChI=1S/C25H30O5/c1-4-6-7-8-17-28-22-13-9-21(10-14-22)25(27)30-23-15-11-20(12-16-23)24(26)29-18-19(3)5-2/h4,9-16,19H,1,5-8,17-18H2,2-3H3/t19-/m1/s1. The SMILES string of the molecule is C=CCCCCOc1ccc(C(=O)Oc2ccc(C(=O)OC[C@H](C)CC)cc2)cc1. The van der Waals surface area contributed by atoms with E-state index in [1.165, 1.54) is 0 Å². The van der Waals surface area contributed by atoms with Gasteiger partial charge < -0.3 is 14.2 Å². The van der Waals surface area contributed by atoms with Crippen molar-refractivity contribution in [2.75, 3.05) is 13.2 Å². The quantitative estimate of drug-likeness (QED) is 0.190. The summed E-state index contributed by atoms with van der Waals surface area (Å²) in [7, 11) is 0. The highest BCUT2D eigenvalue weighted by molar-refractivity contribution is 5.92. The van der Waals surface area contributed by atoms with E-state index < -0.39 is 5.97 Å². The summed E-state index contributed by atoms with van der Waals surface area (Å²) in [6.07, 6.45) is 5.83. The Labute approximate surface area is 178 Å². The summed E-state index contributed by atoms with van der Waals surface area (Å²) < 4.78 is 16.3. The van der Waals surface area contributed by atoms with Crippen LogP contribution in [0.2, 0.25) is 0 Å². The topological polar surface area (TPSA) is 61.8 Å². The van der Waals surface area contributed by atoms with E-state index >= 15 is 0 Å². The van der Waals surface area contributed by atoms with Gasteiger partial charge in [-0.15, -0.1) is 6.58 Å². The summed E-state index contributed by atoms with van der Waals surface area (Å²) in [6.45, 7) is 8.79. The number of carbonyl (C=O) groups excluding carboxylic acids is 2. The molecule has 2 aromatic rings. The van der Waals surface area contributed by atoms with Crippen LogP contribution in [-0.2, 0) is 4.74 Å². The van der Waals surface area contributed by atoms with Gasteiger partial charge in [0.15, 0.2) is 0 Å². The van der Waals surface area contributed by atoms with Crippen LogP contribution in [0.5, 0.6) is 11.5 Å². The Morgan fingerprint density at radius 3 is 2.13 bits per heavy atom. The molecular weight excluding hydrogens is 380 g/mol. The molecule has 2 aromatic carbocycles. The van der Waals surface area contributed by atoms with Crippen molar-refractivity contribution in [2.45, 2.75) is 39.5 Å². The maximum absolute atomic E-state index is 12.3. The predicted molar refractivity (Wildman–Crippen MR) is 117 cm³/mol. The van der Waals surface area contributed by atoms with Crippen molar-refractivity contribution < 1.29 is 23.8 Å². The van der Waals surface area contributed by atoms with Gasteiger partial charge in [0.05, 0.1) is 24.3 Å². The first-order valence-electron chi connectivity index (χ1n) is 10.4. The van der Waals surface area contributed by atoms with Crippen molar-refractivity contribution in [3.05, 3.63) is 72.3 Å². The monoisotopic (exact) mass is 410 g/mol. The molecule has 0 N–H and O–H groups in total. The molecule has 0 amide bonds. The molecule has 0 unspecified atom stereocenters. The van der Waals surface area contributed by atoms with Crippen LogP contribution in [0.3, 0.4) is 0 Å². The Balaban J connectivity index is 1.83. The molecule has 30 heavy (non-hydrogen) atoms. The normalized spacial score (nSPS) is 11.4. The van der Waals surface area contributed by atoms with Gasteiger partial charge in [0.1, 0.15) is 11.5 Å². The highest BCUT2D eigenvalue weighted by Gasteiger charge is 2.12. The van der Waals surface area contributed by atoms with E-state index in [-0.39, 0.29) is 5.97 Å². The van der Waals surface area contributed by atoms with Crippen molar-refractivity contribution >= 4 is 11.9 Å². The van der Waals surface area contributed by atoms with Crippen LogP contribution in [0.15, 0.2) is 61.2 Å². The van der Waals surface area contributed by atoms with E-state index in [2.05, 4.69) is 6.58 Å². The van der Waals surface area contributed by atoms with E-state index in [9.17, 15) is 9.59 Å².